The number of piperazine rings is 1. The van der Waals surface area contributed by atoms with Gasteiger partial charge < -0.3 is 9.88 Å². The van der Waals surface area contributed by atoms with Crippen molar-refractivity contribution in [2.24, 2.45) is 0 Å². The van der Waals surface area contributed by atoms with E-state index >= 15 is 0 Å². The number of rotatable bonds is 6. The predicted molar refractivity (Wildman–Crippen MR) is 109 cm³/mol. The number of carbonyl (C=O) groups excluding carboxylic acids is 1. The zero-order chi connectivity index (χ0) is 20.2. The Hall–Kier alpha value is -2.73. The quantitative estimate of drug-likeness (QED) is 0.680. The van der Waals surface area contributed by atoms with Gasteiger partial charge in [-0.2, -0.15) is 0 Å². The van der Waals surface area contributed by atoms with Gasteiger partial charge in [0.1, 0.15) is 0 Å². The molecule has 3 aromatic rings. The maximum absolute atomic E-state index is 13.8. The summed E-state index contributed by atoms with van der Waals surface area (Å²) in [5.74, 6) is -1.42. The molecule has 0 aliphatic carbocycles. The van der Waals surface area contributed by atoms with Gasteiger partial charge in [0.05, 0.1) is 0 Å². The zero-order valence-corrected chi connectivity index (χ0v) is 16.3. The van der Waals surface area contributed by atoms with Crippen LogP contribution in [0.15, 0.2) is 48.7 Å². The van der Waals surface area contributed by atoms with Crippen LogP contribution in [0.4, 0.5) is 8.78 Å². The van der Waals surface area contributed by atoms with Crippen LogP contribution in [0.1, 0.15) is 24.0 Å². The molecule has 0 bridgehead atoms. The fourth-order valence-electron chi connectivity index (χ4n) is 3.99. The molecule has 1 N–H and O–H groups in total. The van der Waals surface area contributed by atoms with Crippen LogP contribution in [-0.2, 0) is 17.8 Å². The van der Waals surface area contributed by atoms with Gasteiger partial charge in [-0.15, -0.1) is 0 Å². The molecule has 0 radical (unpaired) electrons. The predicted octanol–water partition coefficient (Wildman–Crippen LogP) is 4.11. The van der Waals surface area contributed by atoms with E-state index in [0.29, 0.717) is 44.7 Å². The molecule has 1 amide bonds. The van der Waals surface area contributed by atoms with Crippen molar-refractivity contribution in [3.05, 3.63) is 71.4 Å². The van der Waals surface area contributed by atoms with Gasteiger partial charge in [-0.05, 0) is 30.5 Å². The maximum Gasteiger partial charge on any atom is 0.222 e. The standard InChI is InChI=1S/C23H25F2N3O/c24-20-8-3-6-18(23(20)25)16-27-11-13-28(14-12-27)22(29)10-4-5-17-15-26-21-9-2-1-7-19(17)21/h1-3,6-9,15,26H,4-5,10-14,16H2. The highest BCUT2D eigenvalue weighted by atomic mass is 19.2. The molecule has 1 fully saturated rings. The molecule has 6 heteroatoms. The third-order valence-electron chi connectivity index (χ3n) is 5.66. The van der Waals surface area contributed by atoms with Crippen molar-refractivity contribution in [1.29, 1.82) is 0 Å². The summed E-state index contributed by atoms with van der Waals surface area (Å²) in [7, 11) is 0. The van der Waals surface area contributed by atoms with Crippen LogP contribution in [-0.4, -0.2) is 46.9 Å². The molecule has 1 aliphatic rings. The lowest BCUT2D eigenvalue weighted by molar-refractivity contribution is -0.133. The average molecular weight is 397 g/mol. The van der Waals surface area contributed by atoms with Crippen LogP contribution in [0, 0.1) is 11.6 Å². The number of H-pyrrole nitrogens is 1. The van der Waals surface area contributed by atoms with Crippen LogP contribution < -0.4 is 0 Å². The van der Waals surface area contributed by atoms with Gasteiger partial charge in [0, 0.05) is 61.8 Å². The molecular weight excluding hydrogens is 372 g/mol. The molecule has 1 aliphatic heterocycles. The van der Waals surface area contributed by atoms with Gasteiger partial charge in [-0.1, -0.05) is 30.3 Å². The molecule has 0 saturated carbocycles. The van der Waals surface area contributed by atoms with Gasteiger partial charge >= 0.3 is 0 Å². The van der Waals surface area contributed by atoms with Gasteiger partial charge in [-0.3, -0.25) is 9.69 Å². The summed E-state index contributed by atoms with van der Waals surface area (Å²) < 4.78 is 27.2. The Morgan fingerprint density at radius 1 is 0.966 bits per heavy atom. The average Bonchev–Trinajstić information content (AvgIpc) is 3.15. The Morgan fingerprint density at radius 2 is 1.76 bits per heavy atom. The minimum atomic E-state index is -0.813. The Labute approximate surface area is 169 Å². The number of carbonyl (C=O) groups is 1. The molecule has 152 valence electrons. The first-order valence-electron chi connectivity index (χ1n) is 10.1. The summed E-state index contributed by atoms with van der Waals surface area (Å²) in [6.07, 6.45) is 4.24. The molecule has 2 aromatic carbocycles. The Kier molecular flexibility index (Phi) is 5.90. The summed E-state index contributed by atoms with van der Waals surface area (Å²) >= 11 is 0. The third-order valence-corrected chi connectivity index (χ3v) is 5.66. The molecule has 4 nitrogen and oxygen atoms in total. The van der Waals surface area contributed by atoms with E-state index in [1.54, 1.807) is 6.07 Å². The van der Waals surface area contributed by atoms with Crippen molar-refractivity contribution in [2.75, 3.05) is 26.2 Å². The van der Waals surface area contributed by atoms with E-state index in [0.717, 1.165) is 24.4 Å². The monoisotopic (exact) mass is 397 g/mol. The van der Waals surface area contributed by atoms with Crippen molar-refractivity contribution in [1.82, 2.24) is 14.8 Å². The van der Waals surface area contributed by atoms with Crippen molar-refractivity contribution in [3.8, 4) is 0 Å². The number of halogens is 2. The smallest absolute Gasteiger partial charge is 0.222 e. The van der Waals surface area contributed by atoms with Crippen molar-refractivity contribution >= 4 is 16.8 Å². The second-order valence-corrected chi connectivity index (χ2v) is 7.58. The molecule has 4 rings (SSSR count). The van der Waals surface area contributed by atoms with E-state index in [1.165, 1.54) is 17.0 Å². The highest BCUT2D eigenvalue weighted by Gasteiger charge is 2.22. The van der Waals surface area contributed by atoms with Gasteiger partial charge in [0.25, 0.3) is 0 Å². The topological polar surface area (TPSA) is 39.3 Å². The third kappa shape index (κ3) is 4.48. The van der Waals surface area contributed by atoms with Crippen molar-refractivity contribution in [2.45, 2.75) is 25.8 Å². The Bertz CT molecular complexity index is 993. The van der Waals surface area contributed by atoms with Crippen LogP contribution in [0.5, 0.6) is 0 Å². The molecule has 0 spiro atoms. The zero-order valence-electron chi connectivity index (χ0n) is 16.3. The van der Waals surface area contributed by atoms with Crippen molar-refractivity contribution in [3.63, 3.8) is 0 Å². The van der Waals surface area contributed by atoms with Crippen LogP contribution >= 0.6 is 0 Å². The molecule has 1 aromatic heterocycles. The number of benzene rings is 2. The minimum absolute atomic E-state index is 0.168. The molecule has 1 saturated heterocycles. The van der Waals surface area contributed by atoms with Crippen molar-refractivity contribution < 1.29 is 13.6 Å². The first-order chi connectivity index (χ1) is 14.1. The Balaban J connectivity index is 1.23. The minimum Gasteiger partial charge on any atom is -0.361 e. The molecule has 0 unspecified atom stereocenters. The van der Waals surface area contributed by atoms with Crippen LogP contribution in [0.2, 0.25) is 0 Å². The fraction of sp³-hybridized carbons (Fsp3) is 0.348. The molecule has 29 heavy (non-hydrogen) atoms. The lowest BCUT2D eigenvalue weighted by Gasteiger charge is -2.35. The second kappa shape index (κ2) is 8.74. The van der Waals surface area contributed by atoms with E-state index in [9.17, 15) is 13.6 Å². The second-order valence-electron chi connectivity index (χ2n) is 7.58. The maximum atomic E-state index is 13.8. The molecule has 0 atom stereocenters. The number of aryl methyl sites for hydroxylation is 1. The van der Waals surface area contributed by atoms with Crippen LogP contribution in [0.25, 0.3) is 10.9 Å². The van der Waals surface area contributed by atoms with E-state index in [4.69, 9.17) is 0 Å². The SMILES string of the molecule is O=C(CCCc1c[nH]c2ccccc12)N1CCN(Cc2cccc(F)c2F)CC1. The largest absolute Gasteiger partial charge is 0.361 e. The van der Waals surface area contributed by atoms with Gasteiger partial charge in [0.15, 0.2) is 11.6 Å². The van der Waals surface area contributed by atoms with Gasteiger partial charge in [-0.25, -0.2) is 8.78 Å². The Morgan fingerprint density at radius 3 is 2.59 bits per heavy atom. The summed E-state index contributed by atoms with van der Waals surface area (Å²) in [6, 6.07) is 12.5. The highest BCUT2D eigenvalue weighted by Crippen LogP contribution is 2.20. The number of fused-ring (bicyclic) bond motifs is 1. The van der Waals surface area contributed by atoms with E-state index in [2.05, 4.69) is 22.0 Å². The van der Waals surface area contributed by atoms with Gasteiger partial charge in [0.2, 0.25) is 5.91 Å². The summed E-state index contributed by atoms with van der Waals surface area (Å²) in [6.45, 7) is 2.96. The number of aromatic amines is 1. The number of nitrogens with zero attached hydrogens (tertiary/aromatic N) is 2. The number of aromatic nitrogens is 1. The number of para-hydroxylation sites is 1. The summed E-state index contributed by atoms with van der Waals surface area (Å²) in [5, 5.41) is 1.22. The number of nitrogens with one attached hydrogen (secondary N) is 1. The summed E-state index contributed by atoms with van der Waals surface area (Å²) in [4.78, 5) is 19.8. The van der Waals surface area contributed by atoms with E-state index in [1.807, 2.05) is 23.2 Å². The summed E-state index contributed by atoms with van der Waals surface area (Å²) in [5.41, 5.74) is 2.73. The lowest BCUT2D eigenvalue weighted by Crippen LogP contribution is -2.48. The number of hydrogen-bond acceptors (Lipinski definition) is 2. The van der Waals surface area contributed by atoms with E-state index in [-0.39, 0.29) is 5.91 Å². The normalized spacial score (nSPS) is 15.2. The number of hydrogen-bond donors (Lipinski definition) is 1. The number of amides is 1. The molecule has 2 heterocycles. The fourth-order valence-corrected chi connectivity index (χ4v) is 3.99. The van der Waals surface area contributed by atoms with E-state index < -0.39 is 11.6 Å². The molecular formula is C23H25F2N3O. The lowest BCUT2D eigenvalue weighted by atomic mass is 10.1. The highest BCUT2D eigenvalue weighted by molar-refractivity contribution is 5.83. The first kappa shape index (κ1) is 19.6. The van der Waals surface area contributed by atoms with Crippen LogP contribution in [0.3, 0.4) is 0 Å². The first-order valence-corrected chi connectivity index (χ1v) is 10.1.